The molecule has 0 aliphatic heterocycles. The monoisotopic (exact) mass is 253 g/mol. The topological polar surface area (TPSA) is 58.4 Å². The Morgan fingerprint density at radius 1 is 1.28 bits per heavy atom. The molecule has 18 heavy (non-hydrogen) atoms. The highest BCUT2D eigenvalue weighted by Gasteiger charge is 2.48. The molecule has 0 aromatic rings. The first-order chi connectivity index (χ1) is 8.67. The Morgan fingerprint density at radius 3 is 2.50 bits per heavy atom. The van der Waals surface area contributed by atoms with Gasteiger partial charge in [0.15, 0.2) is 0 Å². The molecule has 1 amide bonds. The number of likely N-dealkylation sites (N-methyl/N-ethyl adjacent to an activating group) is 1. The number of rotatable bonds is 6. The maximum absolute atomic E-state index is 12.2. The van der Waals surface area contributed by atoms with E-state index in [0.29, 0.717) is 11.8 Å². The number of amides is 1. The fourth-order valence-corrected chi connectivity index (χ4v) is 3.72. The van der Waals surface area contributed by atoms with Crippen molar-refractivity contribution >= 4 is 5.91 Å². The standard InChI is InChI=1S/C14H27N3O/c1-3-17(4-2)8-7-16-14(18)12-10-5-6-11(9-10)13(12)15/h10-13H,3-9,15H2,1-2H3,(H,16,18). The third kappa shape index (κ3) is 2.69. The summed E-state index contributed by atoms with van der Waals surface area (Å²) in [6, 6.07) is 0.109. The van der Waals surface area contributed by atoms with Crippen molar-refractivity contribution in [3.63, 3.8) is 0 Å². The van der Waals surface area contributed by atoms with Gasteiger partial charge in [0.25, 0.3) is 0 Å². The van der Waals surface area contributed by atoms with E-state index in [9.17, 15) is 4.79 Å². The molecular weight excluding hydrogens is 226 g/mol. The summed E-state index contributed by atoms with van der Waals surface area (Å²) in [7, 11) is 0. The lowest BCUT2D eigenvalue weighted by atomic mass is 9.84. The molecule has 2 bridgehead atoms. The third-order valence-electron chi connectivity index (χ3n) is 4.91. The number of fused-ring (bicyclic) bond motifs is 2. The van der Waals surface area contributed by atoms with Crippen LogP contribution in [-0.2, 0) is 4.79 Å². The van der Waals surface area contributed by atoms with Gasteiger partial charge in [0.2, 0.25) is 5.91 Å². The normalized spacial score (nSPS) is 34.2. The summed E-state index contributed by atoms with van der Waals surface area (Å²) in [4.78, 5) is 14.5. The molecule has 4 nitrogen and oxygen atoms in total. The number of nitrogens with two attached hydrogens (primary N) is 1. The molecule has 4 atom stereocenters. The van der Waals surface area contributed by atoms with Gasteiger partial charge in [-0.15, -0.1) is 0 Å². The van der Waals surface area contributed by atoms with Crippen LogP contribution < -0.4 is 11.1 Å². The van der Waals surface area contributed by atoms with Crippen LogP contribution in [0.5, 0.6) is 0 Å². The minimum atomic E-state index is 0.0838. The van der Waals surface area contributed by atoms with E-state index in [1.165, 1.54) is 19.3 Å². The van der Waals surface area contributed by atoms with Gasteiger partial charge in [0.05, 0.1) is 5.92 Å². The highest BCUT2D eigenvalue weighted by Crippen LogP contribution is 2.47. The van der Waals surface area contributed by atoms with Crippen molar-refractivity contribution in [1.82, 2.24) is 10.2 Å². The van der Waals surface area contributed by atoms with Crippen molar-refractivity contribution in [3.8, 4) is 0 Å². The summed E-state index contributed by atoms with van der Waals surface area (Å²) in [6.45, 7) is 8.07. The predicted molar refractivity (Wildman–Crippen MR) is 73.1 cm³/mol. The van der Waals surface area contributed by atoms with Crippen LogP contribution in [0.25, 0.3) is 0 Å². The predicted octanol–water partition coefficient (Wildman–Crippen LogP) is 0.818. The molecule has 104 valence electrons. The SMILES string of the molecule is CCN(CC)CCNC(=O)C1C2CCC(C2)C1N. The number of nitrogens with one attached hydrogen (secondary N) is 1. The van der Waals surface area contributed by atoms with E-state index in [0.717, 1.165) is 26.2 Å². The average Bonchev–Trinajstić information content (AvgIpc) is 2.95. The van der Waals surface area contributed by atoms with Crippen molar-refractivity contribution in [2.45, 2.75) is 39.2 Å². The number of carbonyl (C=O) groups excluding carboxylic acids is 1. The van der Waals surface area contributed by atoms with Crippen molar-refractivity contribution in [2.75, 3.05) is 26.2 Å². The van der Waals surface area contributed by atoms with Crippen LogP contribution in [0.4, 0.5) is 0 Å². The molecule has 0 aromatic carbocycles. The molecule has 3 N–H and O–H groups in total. The van der Waals surface area contributed by atoms with Crippen molar-refractivity contribution in [2.24, 2.45) is 23.5 Å². The lowest BCUT2D eigenvalue weighted by Crippen LogP contribution is -2.46. The minimum Gasteiger partial charge on any atom is -0.355 e. The fraction of sp³-hybridized carbons (Fsp3) is 0.929. The molecule has 4 heteroatoms. The zero-order valence-electron chi connectivity index (χ0n) is 11.7. The van der Waals surface area contributed by atoms with Gasteiger partial charge in [-0.05, 0) is 44.2 Å². The summed E-state index contributed by atoms with van der Waals surface area (Å²) in [5.74, 6) is 1.44. The van der Waals surface area contributed by atoms with Gasteiger partial charge in [0.1, 0.15) is 0 Å². The Hall–Kier alpha value is -0.610. The van der Waals surface area contributed by atoms with Crippen LogP contribution in [-0.4, -0.2) is 43.0 Å². The summed E-state index contributed by atoms with van der Waals surface area (Å²) >= 11 is 0. The Kier molecular flexibility index (Phi) is 4.62. The van der Waals surface area contributed by atoms with Crippen molar-refractivity contribution in [1.29, 1.82) is 0 Å². The van der Waals surface area contributed by atoms with E-state index in [4.69, 9.17) is 5.73 Å². The molecule has 0 radical (unpaired) electrons. The maximum Gasteiger partial charge on any atom is 0.225 e. The number of nitrogens with zero attached hydrogens (tertiary/aromatic N) is 1. The van der Waals surface area contributed by atoms with Crippen molar-refractivity contribution < 1.29 is 4.79 Å². The maximum atomic E-state index is 12.2. The molecule has 0 spiro atoms. The summed E-state index contributed by atoms with van der Waals surface area (Å²) in [5, 5.41) is 3.08. The first kappa shape index (κ1) is 13.8. The highest BCUT2D eigenvalue weighted by atomic mass is 16.1. The zero-order chi connectivity index (χ0) is 13.1. The second kappa shape index (κ2) is 6.02. The van der Waals surface area contributed by atoms with Gasteiger partial charge >= 0.3 is 0 Å². The van der Waals surface area contributed by atoms with Crippen LogP contribution in [0.1, 0.15) is 33.1 Å². The lowest BCUT2D eigenvalue weighted by Gasteiger charge is -2.27. The van der Waals surface area contributed by atoms with E-state index >= 15 is 0 Å². The van der Waals surface area contributed by atoms with E-state index in [-0.39, 0.29) is 17.9 Å². The lowest BCUT2D eigenvalue weighted by molar-refractivity contribution is -0.127. The minimum absolute atomic E-state index is 0.0838. The molecule has 0 aromatic heterocycles. The van der Waals surface area contributed by atoms with Crippen LogP contribution in [0.3, 0.4) is 0 Å². The summed E-state index contributed by atoms with van der Waals surface area (Å²) in [5.41, 5.74) is 6.18. The second-order valence-electron chi connectivity index (χ2n) is 5.75. The van der Waals surface area contributed by atoms with Crippen LogP contribution in [0, 0.1) is 17.8 Å². The highest BCUT2D eigenvalue weighted by molar-refractivity contribution is 5.80. The number of hydrogen-bond donors (Lipinski definition) is 2. The Bertz CT molecular complexity index is 289. The molecular formula is C14H27N3O. The molecule has 4 unspecified atom stereocenters. The van der Waals surface area contributed by atoms with Gasteiger partial charge in [-0.2, -0.15) is 0 Å². The number of hydrogen-bond acceptors (Lipinski definition) is 3. The smallest absolute Gasteiger partial charge is 0.225 e. The van der Waals surface area contributed by atoms with Gasteiger partial charge in [-0.25, -0.2) is 0 Å². The van der Waals surface area contributed by atoms with Crippen LogP contribution in [0.15, 0.2) is 0 Å². The quantitative estimate of drug-likeness (QED) is 0.737. The van der Waals surface area contributed by atoms with Crippen LogP contribution >= 0.6 is 0 Å². The largest absolute Gasteiger partial charge is 0.355 e. The summed E-state index contributed by atoms with van der Waals surface area (Å²) < 4.78 is 0. The van der Waals surface area contributed by atoms with E-state index in [1.807, 2.05) is 0 Å². The average molecular weight is 253 g/mol. The summed E-state index contributed by atoms with van der Waals surface area (Å²) in [6.07, 6.45) is 3.61. The molecule has 2 saturated carbocycles. The van der Waals surface area contributed by atoms with Gasteiger partial charge in [-0.3, -0.25) is 4.79 Å². The second-order valence-corrected chi connectivity index (χ2v) is 5.75. The Balaban J connectivity index is 1.75. The zero-order valence-corrected chi connectivity index (χ0v) is 11.7. The fourth-order valence-electron chi connectivity index (χ4n) is 3.72. The van der Waals surface area contributed by atoms with E-state index < -0.39 is 0 Å². The molecule has 0 saturated heterocycles. The third-order valence-corrected chi connectivity index (χ3v) is 4.91. The first-order valence-electron chi connectivity index (χ1n) is 7.43. The molecule has 2 fully saturated rings. The molecule has 2 aliphatic carbocycles. The molecule has 0 heterocycles. The molecule has 2 rings (SSSR count). The van der Waals surface area contributed by atoms with Crippen LogP contribution in [0.2, 0.25) is 0 Å². The van der Waals surface area contributed by atoms with Gasteiger partial charge in [-0.1, -0.05) is 13.8 Å². The van der Waals surface area contributed by atoms with E-state index in [1.54, 1.807) is 0 Å². The van der Waals surface area contributed by atoms with Gasteiger partial charge in [0, 0.05) is 19.1 Å². The van der Waals surface area contributed by atoms with Crippen molar-refractivity contribution in [3.05, 3.63) is 0 Å². The first-order valence-corrected chi connectivity index (χ1v) is 7.43. The molecule has 2 aliphatic rings. The Labute approximate surface area is 110 Å². The van der Waals surface area contributed by atoms with Gasteiger partial charge < -0.3 is 16.0 Å². The Morgan fingerprint density at radius 2 is 1.94 bits per heavy atom. The number of carbonyl (C=O) groups is 1. The van der Waals surface area contributed by atoms with E-state index in [2.05, 4.69) is 24.1 Å².